The molecule has 0 aromatic carbocycles. The van der Waals surface area contributed by atoms with E-state index < -0.39 is 34.3 Å². The first kappa shape index (κ1) is 44.4. The van der Waals surface area contributed by atoms with E-state index >= 15 is 0 Å². The highest BCUT2D eigenvalue weighted by atomic mass is 16.6. The summed E-state index contributed by atoms with van der Waals surface area (Å²) in [4.78, 5) is 46.4. The molecule has 10 nitrogen and oxygen atoms in total. The number of ether oxygens (including phenoxy) is 3. The molecule has 0 bridgehead atoms. The lowest BCUT2D eigenvalue weighted by atomic mass is 9.65. The lowest BCUT2D eigenvalue weighted by Crippen LogP contribution is -2.43. The summed E-state index contributed by atoms with van der Waals surface area (Å²) < 4.78 is 17.1. The number of carbonyl (C=O) groups excluding carboxylic acids is 2. The summed E-state index contributed by atoms with van der Waals surface area (Å²) in [6.45, 7) is 18.5. The highest BCUT2D eigenvalue weighted by Crippen LogP contribution is 2.45. The smallest absolute Gasteiger partial charge is 0.311 e. The Morgan fingerprint density at radius 3 is 1.94 bits per heavy atom. The molecule has 3 aliphatic rings. The second-order valence-electron chi connectivity index (χ2n) is 17.2. The van der Waals surface area contributed by atoms with Gasteiger partial charge in [-0.15, -0.1) is 0 Å². The number of fused-ring (bicyclic) bond motifs is 1. The Morgan fingerprint density at radius 2 is 1.43 bits per heavy atom. The van der Waals surface area contributed by atoms with E-state index in [1.165, 1.54) is 5.57 Å². The number of carboxylic acid groups (broad SMARTS) is 2. The number of hydrogen-bond acceptors (Lipinski definition) is 8. The first-order valence-electron chi connectivity index (χ1n) is 19.2. The quantitative estimate of drug-likeness (QED) is 0.0933. The van der Waals surface area contributed by atoms with Gasteiger partial charge in [0.05, 0.1) is 28.8 Å². The van der Waals surface area contributed by atoms with Crippen LogP contribution < -0.4 is 0 Å². The maximum atomic E-state index is 12.9. The molecule has 0 aromatic heterocycles. The standard InChI is InChI=1S/C25H38O5.C16H30O5/c1-6-25(4,5)24(28)30-21-12-15(2)11-17-8-7-16(3)20(23(17)21)10-9-19-13-18(26)14-22(27)29-19;1-15(2,13(17)18)9-5-7-11-21-12-8-6-10-16(3,4)14(19)20/h7-8,11,15-16,18-21,23,26H,6,9-10,12-14H2,1-5H3;5-12H2,1-4H3,(H,17,18)(H,19,20)/t15-,16-,18+,19+,20-,21-,23-;/m0./s1. The van der Waals surface area contributed by atoms with Crippen LogP contribution in [0.5, 0.6) is 0 Å². The van der Waals surface area contributed by atoms with Crippen molar-refractivity contribution in [3.05, 3.63) is 23.8 Å². The van der Waals surface area contributed by atoms with Crippen molar-refractivity contribution in [3.63, 3.8) is 0 Å². The molecule has 51 heavy (non-hydrogen) atoms. The van der Waals surface area contributed by atoms with Crippen LogP contribution in [0.2, 0.25) is 0 Å². The molecule has 10 heteroatoms. The van der Waals surface area contributed by atoms with Gasteiger partial charge in [-0.05, 0) is 116 Å². The molecule has 0 unspecified atom stereocenters. The van der Waals surface area contributed by atoms with Crippen LogP contribution in [-0.2, 0) is 33.4 Å². The molecular weight excluding hydrogens is 652 g/mol. The van der Waals surface area contributed by atoms with Crippen molar-refractivity contribution in [2.24, 2.45) is 39.9 Å². The predicted molar refractivity (Wildman–Crippen MR) is 197 cm³/mol. The monoisotopic (exact) mass is 720 g/mol. The number of cyclic esters (lactones) is 1. The molecule has 3 rings (SSSR count). The Morgan fingerprint density at radius 1 is 0.863 bits per heavy atom. The predicted octanol–water partition coefficient (Wildman–Crippen LogP) is 8.15. The summed E-state index contributed by atoms with van der Waals surface area (Å²) in [5.74, 6) is -0.744. The van der Waals surface area contributed by atoms with Crippen molar-refractivity contribution < 1.29 is 48.7 Å². The van der Waals surface area contributed by atoms with Crippen molar-refractivity contribution in [1.82, 2.24) is 0 Å². The molecule has 1 saturated heterocycles. The van der Waals surface area contributed by atoms with E-state index in [2.05, 4.69) is 32.1 Å². The van der Waals surface area contributed by atoms with Gasteiger partial charge in [-0.1, -0.05) is 51.8 Å². The molecular formula is C41H68O10. The molecule has 0 amide bonds. The minimum atomic E-state index is -0.760. The van der Waals surface area contributed by atoms with E-state index in [1.807, 2.05) is 20.8 Å². The van der Waals surface area contributed by atoms with Crippen molar-refractivity contribution >= 4 is 23.9 Å². The lowest BCUT2D eigenvalue weighted by molar-refractivity contribution is -0.166. The summed E-state index contributed by atoms with van der Waals surface area (Å²) in [5, 5.41) is 27.9. The summed E-state index contributed by atoms with van der Waals surface area (Å²) in [5.41, 5.74) is -0.544. The van der Waals surface area contributed by atoms with Gasteiger partial charge in [-0.2, -0.15) is 0 Å². The van der Waals surface area contributed by atoms with Crippen LogP contribution in [0, 0.1) is 39.9 Å². The maximum Gasteiger partial charge on any atom is 0.311 e. The molecule has 1 heterocycles. The number of aliphatic hydroxyl groups is 1. The number of carbonyl (C=O) groups is 4. The zero-order chi connectivity index (χ0) is 38.6. The van der Waals surface area contributed by atoms with Gasteiger partial charge in [-0.25, -0.2) is 0 Å². The van der Waals surface area contributed by atoms with Gasteiger partial charge < -0.3 is 29.5 Å². The van der Waals surface area contributed by atoms with Gasteiger partial charge in [0.15, 0.2) is 0 Å². The van der Waals surface area contributed by atoms with E-state index in [1.54, 1.807) is 27.7 Å². The number of esters is 2. The molecule has 3 N–H and O–H groups in total. The summed E-state index contributed by atoms with van der Waals surface area (Å²) >= 11 is 0. The van der Waals surface area contributed by atoms with Gasteiger partial charge >= 0.3 is 23.9 Å². The van der Waals surface area contributed by atoms with Crippen LogP contribution >= 0.6 is 0 Å². The van der Waals surface area contributed by atoms with Crippen molar-refractivity contribution in [1.29, 1.82) is 0 Å². The summed E-state index contributed by atoms with van der Waals surface area (Å²) in [7, 11) is 0. The van der Waals surface area contributed by atoms with E-state index in [4.69, 9.17) is 24.4 Å². The number of aliphatic hydroxyl groups excluding tert-OH is 1. The minimum Gasteiger partial charge on any atom is -0.481 e. The molecule has 0 spiro atoms. The molecule has 0 radical (unpaired) electrons. The van der Waals surface area contributed by atoms with Gasteiger partial charge in [0, 0.05) is 25.6 Å². The highest BCUT2D eigenvalue weighted by molar-refractivity contribution is 5.76. The third kappa shape index (κ3) is 14.3. The second kappa shape index (κ2) is 19.9. The average Bonchev–Trinajstić information content (AvgIpc) is 3.03. The SMILES string of the molecule is CC(C)(CCCCOCCCCC(C)(C)C(=O)O)C(=O)O.CCC(C)(C)C(=O)O[C@H]1C[C@@H](C)C=C2C=C[C@H](C)[C@H](CC[C@@H]3C[C@@H](O)CC(=O)O3)[C@H]21. The number of allylic oxidation sites excluding steroid dienone is 3. The Balaban J connectivity index is 0.000000380. The van der Waals surface area contributed by atoms with Crippen LogP contribution in [0.25, 0.3) is 0 Å². The normalized spacial score (nSPS) is 26.6. The van der Waals surface area contributed by atoms with Crippen molar-refractivity contribution in [2.45, 2.75) is 158 Å². The van der Waals surface area contributed by atoms with Gasteiger partial charge in [-0.3, -0.25) is 19.2 Å². The lowest BCUT2D eigenvalue weighted by Gasteiger charge is -2.44. The first-order chi connectivity index (χ1) is 23.7. The Labute approximate surface area is 306 Å². The highest BCUT2D eigenvalue weighted by Gasteiger charge is 2.43. The Kier molecular flexibility index (Phi) is 17.4. The molecule has 2 aliphatic carbocycles. The fraction of sp³-hybridized carbons (Fsp3) is 0.805. The summed E-state index contributed by atoms with van der Waals surface area (Å²) in [6, 6.07) is 0. The van der Waals surface area contributed by atoms with Gasteiger partial charge in [0.2, 0.25) is 0 Å². The van der Waals surface area contributed by atoms with Crippen LogP contribution in [-0.4, -0.2) is 70.7 Å². The molecule has 292 valence electrons. The van der Waals surface area contributed by atoms with E-state index in [0.29, 0.717) is 50.2 Å². The zero-order valence-corrected chi connectivity index (χ0v) is 32.9. The number of carboxylic acids is 2. The fourth-order valence-corrected chi connectivity index (χ4v) is 6.94. The summed E-state index contributed by atoms with van der Waals surface area (Å²) in [6.07, 6.45) is 14.3. The number of hydrogen-bond donors (Lipinski definition) is 3. The van der Waals surface area contributed by atoms with Crippen molar-refractivity contribution in [2.75, 3.05) is 13.2 Å². The number of unbranched alkanes of at least 4 members (excludes halogenated alkanes) is 2. The molecule has 0 aromatic rings. The molecule has 0 saturated carbocycles. The largest absolute Gasteiger partial charge is 0.481 e. The van der Waals surface area contributed by atoms with Gasteiger partial charge in [0.1, 0.15) is 12.2 Å². The van der Waals surface area contributed by atoms with Gasteiger partial charge in [0.25, 0.3) is 0 Å². The number of aliphatic carboxylic acids is 2. The Bertz CT molecular complexity index is 1180. The first-order valence-corrected chi connectivity index (χ1v) is 19.2. The number of rotatable bonds is 18. The third-order valence-electron chi connectivity index (χ3n) is 11.2. The fourth-order valence-electron chi connectivity index (χ4n) is 6.94. The van der Waals surface area contributed by atoms with E-state index in [0.717, 1.165) is 51.4 Å². The van der Waals surface area contributed by atoms with Crippen LogP contribution in [0.1, 0.15) is 139 Å². The van der Waals surface area contributed by atoms with E-state index in [9.17, 15) is 24.3 Å². The van der Waals surface area contributed by atoms with Crippen molar-refractivity contribution in [3.8, 4) is 0 Å². The van der Waals surface area contributed by atoms with Crippen LogP contribution in [0.4, 0.5) is 0 Å². The Hall–Kier alpha value is -2.72. The molecule has 7 atom stereocenters. The topological polar surface area (TPSA) is 157 Å². The van der Waals surface area contributed by atoms with Crippen LogP contribution in [0.15, 0.2) is 23.8 Å². The van der Waals surface area contributed by atoms with Crippen LogP contribution in [0.3, 0.4) is 0 Å². The molecule has 1 fully saturated rings. The zero-order valence-electron chi connectivity index (χ0n) is 32.9. The minimum absolute atomic E-state index is 0.0949. The third-order valence-corrected chi connectivity index (χ3v) is 11.2. The van der Waals surface area contributed by atoms with E-state index in [-0.39, 0.29) is 36.5 Å². The maximum absolute atomic E-state index is 12.9. The molecule has 1 aliphatic heterocycles. The average molecular weight is 721 g/mol. The second-order valence-corrected chi connectivity index (χ2v) is 17.2.